The van der Waals surface area contributed by atoms with Crippen LogP contribution in [0.4, 0.5) is 0 Å². The lowest BCUT2D eigenvalue weighted by molar-refractivity contribution is 0.188. The average molecular weight is 293 g/mol. The second-order valence-corrected chi connectivity index (χ2v) is 4.51. The van der Waals surface area contributed by atoms with E-state index in [-0.39, 0.29) is 0 Å². The Morgan fingerprint density at radius 1 is 1.29 bits per heavy atom. The molecule has 4 nitrogen and oxygen atoms in total. The standard InChI is InChI=1S/C12H9BrN2O2/c13-11-4-3-10(17-11)12(16)7-1-2-8-9(5-7)15-6-14-8/h1-6,12,16H,(H,14,15). The number of imidazole rings is 1. The molecular formula is C12H9BrN2O2. The van der Waals surface area contributed by atoms with Gasteiger partial charge in [-0.15, -0.1) is 0 Å². The van der Waals surface area contributed by atoms with Gasteiger partial charge < -0.3 is 14.5 Å². The van der Waals surface area contributed by atoms with E-state index in [9.17, 15) is 5.11 Å². The van der Waals surface area contributed by atoms with Crippen molar-refractivity contribution in [3.63, 3.8) is 0 Å². The highest BCUT2D eigenvalue weighted by molar-refractivity contribution is 9.10. The number of fused-ring (bicyclic) bond motifs is 1. The van der Waals surface area contributed by atoms with Crippen molar-refractivity contribution in [1.82, 2.24) is 9.97 Å². The Hall–Kier alpha value is -1.59. The van der Waals surface area contributed by atoms with E-state index in [4.69, 9.17) is 4.42 Å². The molecule has 0 bridgehead atoms. The van der Waals surface area contributed by atoms with Crippen molar-refractivity contribution in [1.29, 1.82) is 0 Å². The van der Waals surface area contributed by atoms with Crippen molar-refractivity contribution in [2.45, 2.75) is 6.10 Å². The van der Waals surface area contributed by atoms with Crippen molar-refractivity contribution >= 4 is 27.0 Å². The molecule has 0 saturated carbocycles. The van der Waals surface area contributed by atoms with Crippen LogP contribution in [0.2, 0.25) is 0 Å². The molecule has 0 aliphatic rings. The molecule has 86 valence electrons. The summed E-state index contributed by atoms with van der Waals surface area (Å²) < 4.78 is 5.94. The third kappa shape index (κ3) is 1.87. The van der Waals surface area contributed by atoms with E-state index in [1.165, 1.54) is 0 Å². The van der Waals surface area contributed by atoms with Crippen molar-refractivity contribution < 1.29 is 9.52 Å². The van der Waals surface area contributed by atoms with Gasteiger partial charge >= 0.3 is 0 Å². The molecule has 1 unspecified atom stereocenters. The van der Waals surface area contributed by atoms with E-state index in [0.29, 0.717) is 10.4 Å². The number of aromatic amines is 1. The molecule has 1 aromatic carbocycles. The lowest BCUT2D eigenvalue weighted by Crippen LogP contribution is -1.97. The third-order valence-corrected chi connectivity index (χ3v) is 3.05. The van der Waals surface area contributed by atoms with Gasteiger partial charge in [0.05, 0.1) is 17.4 Å². The van der Waals surface area contributed by atoms with Crippen LogP contribution in [0.1, 0.15) is 17.4 Å². The number of nitrogens with one attached hydrogen (secondary N) is 1. The summed E-state index contributed by atoms with van der Waals surface area (Å²) in [6.07, 6.45) is 0.854. The van der Waals surface area contributed by atoms with Crippen molar-refractivity contribution in [3.8, 4) is 0 Å². The summed E-state index contributed by atoms with van der Waals surface area (Å²) in [5.74, 6) is 0.506. The van der Waals surface area contributed by atoms with Gasteiger partial charge in [0.25, 0.3) is 0 Å². The fourth-order valence-electron chi connectivity index (χ4n) is 1.76. The highest BCUT2D eigenvalue weighted by Crippen LogP contribution is 2.27. The first kappa shape index (κ1) is 10.6. The quantitative estimate of drug-likeness (QED) is 0.763. The van der Waals surface area contributed by atoms with Crippen LogP contribution in [-0.2, 0) is 0 Å². The van der Waals surface area contributed by atoms with Gasteiger partial charge in [-0.2, -0.15) is 0 Å². The molecule has 2 aromatic heterocycles. The van der Waals surface area contributed by atoms with Gasteiger partial charge in [0.15, 0.2) is 4.67 Å². The molecule has 0 aliphatic heterocycles. The van der Waals surface area contributed by atoms with Gasteiger partial charge in [0.1, 0.15) is 11.9 Å². The molecule has 0 aliphatic carbocycles. The summed E-state index contributed by atoms with van der Waals surface area (Å²) in [5, 5.41) is 10.1. The Morgan fingerprint density at radius 3 is 2.94 bits per heavy atom. The Labute approximate surface area is 105 Å². The number of hydrogen-bond acceptors (Lipinski definition) is 3. The molecule has 1 atom stereocenters. The zero-order valence-corrected chi connectivity index (χ0v) is 10.3. The van der Waals surface area contributed by atoms with E-state index in [1.54, 1.807) is 18.5 Å². The molecular weight excluding hydrogens is 284 g/mol. The second kappa shape index (κ2) is 4.01. The van der Waals surface area contributed by atoms with Gasteiger partial charge in [-0.05, 0) is 45.8 Å². The van der Waals surface area contributed by atoms with Crippen LogP contribution in [0.5, 0.6) is 0 Å². The molecule has 0 radical (unpaired) electrons. The first-order chi connectivity index (χ1) is 8.24. The largest absolute Gasteiger partial charge is 0.451 e. The number of aliphatic hydroxyl groups excluding tert-OH is 1. The maximum atomic E-state index is 10.1. The molecule has 5 heteroatoms. The number of aromatic nitrogens is 2. The zero-order chi connectivity index (χ0) is 11.8. The summed E-state index contributed by atoms with van der Waals surface area (Å²) in [6.45, 7) is 0. The lowest BCUT2D eigenvalue weighted by Gasteiger charge is -2.07. The molecule has 2 N–H and O–H groups in total. The third-order valence-electron chi connectivity index (χ3n) is 2.62. The summed E-state index contributed by atoms with van der Waals surface area (Å²) in [7, 11) is 0. The van der Waals surface area contributed by atoms with Gasteiger partial charge in [-0.25, -0.2) is 4.98 Å². The number of rotatable bonds is 2. The van der Waals surface area contributed by atoms with Gasteiger partial charge in [0, 0.05) is 0 Å². The number of halogens is 1. The smallest absolute Gasteiger partial charge is 0.169 e. The van der Waals surface area contributed by atoms with E-state index in [0.717, 1.165) is 16.6 Å². The Balaban J connectivity index is 2.02. The molecule has 0 spiro atoms. The lowest BCUT2D eigenvalue weighted by atomic mass is 10.1. The van der Waals surface area contributed by atoms with Crippen molar-refractivity contribution in [2.75, 3.05) is 0 Å². The van der Waals surface area contributed by atoms with Gasteiger partial charge in [-0.1, -0.05) is 6.07 Å². The number of furan rings is 1. The van der Waals surface area contributed by atoms with Crippen molar-refractivity contribution in [2.24, 2.45) is 0 Å². The monoisotopic (exact) mass is 292 g/mol. The van der Waals surface area contributed by atoms with Crippen LogP contribution in [0.25, 0.3) is 11.0 Å². The van der Waals surface area contributed by atoms with Gasteiger partial charge in [0.2, 0.25) is 0 Å². The maximum absolute atomic E-state index is 10.1. The number of benzene rings is 1. The number of aliphatic hydroxyl groups is 1. The second-order valence-electron chi connectivity index (χ2n) is 3.72. The molecule has 0 fully saturated rings. The van der Waals surface area contributed by atoms with E-state index in [2.05, 4.69) is 25.9 Å². The van der Waals surface area contributed by atoms with E-state index in [1.807, 2.05) is 18.2 Å². The summed E-state index contributed by atoms with van der Waals surface area (Å²) >= 11 is 3.21. The predicted octanol–water partition coefficient (Wildman–Crippen LogP) is 3.00. The maximum Gasteiger partial charge on any atom is 0.169 e. The van der Waals surface area contributed by atoms with Crippen LogP contribution in [0, 0.1) is 0 Å². The van der Waals surface area contributed by atoms with Crippen LogP contribution < -0.4 is 0 Å². The minimum Gasteiger partial charge on any atom is -0.451 e. The Bertz CT molecular complexity index is 659. The zero-order valence-electron chi connectivity index (χ0n) is 8.72. The molecule has 3 rings (SSSR count). The number of nitrogens with zero attached hydrogens (tertiary/aromatic N) is 1. The van der Waals surface area contributed by atoms with Gasteiger partial charge in [-0.3, -0.25) is 0 Å². The topological polar surface area (TPSA) is 62.0 Å². The van der Waals surface area contributed by atoms with E-state index < -0.39 is 6.10 Å². The minimum absolute atomic E-state index is 0.506. The summed E-state index contributed by atoms with van der Waals surface area (Å²) in [4.78, 5) is 7.16. The number of hydrogen-bond donors (Lipinski definition) is 2. The normalized spacial score (nSPS) is 13.1. The average Bonchev–Trinajstić information content (AvgIpc) is 2.95. The minimum atomic E-state index is -0.776. The number of H-pyrrole nitrogens is 1. The molecule has 0 saturated heterocycles. The highest BCUT2D eigenvalue weighted by atomic mass is 79.9. The first-order valence-electron chi connectivity index (χ1n) is 5.10. The molecule has 3 aromatic rings. The van der Waals surface area contributed by atoms with Crippen LogP contribution in [-0.4, -0.2) is 15.1 Å². The molecule has 2 heterocycles. The van der Waals surface area contributed by atoms with E-state index >= 15 is 0 Å². The molecule has 0 amide bonds. The SMILES string of the molecule is OC(c1ccc2[nH]cnc2c1)c1ccc(Br)o1. The van der Waals surface area contributed by atoms with Crippen LogP contribution in [0.3, 0.4) is 0 Å². The first-order valence-corrected chi connectivity index (χ1v) is 5.89. The fourth-order valence-corrected chi connectivity index (χ4v) is 2.08. The Kier molecular flexibility index (Phi) is 2.49. The van der Waals surface area contributed by atoms with Crippen LogP contribution >= 0.6 is 15.9 Å². The van der Waals surface area contributed by atoms with Crippen LogP contribution in [0.15, 0.2) is 45.7 Å². The van der Waals surface area contributed by atoms with Crippen molar-refractivity contribution in [3.05, 3.63) is 52.7 Å². The highest BCUT2D eigenvalue weighted by Gasteiger charge is 2.15. The summed E-state index contributed by atoms with van der Waals surface area (Å²) in [6, 6.07) is 9.07. The Morgan fingerprint density at radius 2 is 2.18 bits per heavy atom. The molecule has 17 heavy (non-hydrogen) atoms. The summed E-state index contributed by atoms with van der Waals surface area (Å²) in [5.41, 5.74) is 2.53. The predicted molar refractivity (Wildman–Crippen MR) is 66.6 cm³/mol. The fraction of sp³-hybridized carbons (Fsp3) is 0.0833.